The van der Waals surface area contributed by atoms with E-state index >= 15 is 0 Å². The van der Waals surface area contributed by atoms with E-state index in [0.29, 0.717) is 30.0 Å². The fourth-order valence-corrected chi connectivity index (χ4v) is 4.48. The molecule has 0 radical (unpaired) electrons. The monoisotopic (exact) mass is 420 g/mol. The van der Waals surface area contributed by atoms with Crippen LogP contribution in [0.4, 0.5) is 10.1 Å². The summed E-state index contributed by atoms with van der Waals surface area (Å²) >= 11 is 0. The van der Waals surface area contributed by atoms with Crippen LogP contribution >= 0.6 is 0 Å². The summed E-state index contributed by atoms with van der Waals surface area (Å²) in [6.45, 7) is 4.27. The summed E-state index contributed by atoms with van der Waals surface area (Å²) in [5, 5.41) is 2.78. The van der Waals surface area contributed by atoms with Crippen LogP contribution in [-0.4, -0.2) is 24.0 Å². The number of ether oxygens (including phenoxy) is 1. The zero-order chi connectivity index (χ0) is 22.0. The quantitative estimate of drug-likeness (QED) is 0.736. The first-order valence-electron chi connectivity index (χ1n) is 10.6. The Balaban J connectivity index is 1.76. The molecule has 31 heavy (non-hydrogen) atoms. The minimum Gasteiger partial charge on any atom is -0.494 e. The van der Waals surface area contributed by atoms with Gasteiger partial charge in [-0.25, -0.2) is 4.39 Å². The number of anilines is 1. The van der Waals surface area contributed by atoms with Crippen molar-refractivity contribution in [2.75, 3.05) is 11.9 Å². The first-order chi connectivity index (χ1) is 15.0. The lowest BCUT2D eigenvalue weighted by atomic mass is 9.69. The van der Waals surface area contributed by atoms with Gasteiger partial charge in [-0.2, -0.15) is 0 Å². The van der Waals surface area contributed by atoms with Crippen LogP contribution in [0.1, 0.15) is 44.6 Å². The fourth-order valence-electron chi connectivity index (χ4n) is 4.48. The van der Waals surface area contributed by atoms with Gasteiger partial charge in [-0.15, -0.1) is 0 Å². The SMILES string of the molecule is CCOc1ccc([C@H]2C(C(=O)Nc3cccc(F)c3)=C(C)N=C3CCCC(=O)C32)cc1. The number of carbonyl (C=O) groups excluding carboxylic acids is 2. The first kappa shape index (κ1) is 21.0. The number of carbonyl (C=O) groups is 2. The number of benzene rings is 2. The number of nitrogens with one attached hydrogen (secondary N) is 1. The maximum Gasteiger partial charge on any atom is 0.254 e. The summed E-state index contributed by atoms with van der Waals surface area (Å²) in [7, 11) is 0. The Bertz CT molecular complexity index is 1070. The molecule has 2 aromatic rings. The van der Waals surface area contributed by atoms with Crippen LogP contribution in [0, 0.1) is 11.7 Å². The number of hydrogen-bond acceptors (Lipinski definition) is 4. The van der Waals surface area contributed by atoms with Crippen LogP contribution in [0.5, 0.6) is 5.75 Å². The van der Waals surface area contributed by atoms with Crippen LogP contribution < -0.4 is 10.1 Å². The first-order valence-corrected chi connectivity index (χ1v) is 10.6. The molecule has 2 aromatic carbocycles. The third-order valence-corrected chi connectivity index (χ3v) is 5.78. The van der Waals surface area contributed by atoms with Gasteiger partial charge in [-0.05, 0) is 62.6 Å². The summed E-state index contributed by atoms with van der Waals surface area (Å²) in [5.74, 6) is -0.862. The van der Waals surface area contributed by atoms with E-state index in [0.717, 1.165) is 29.9 Å². The Labute approximate surface area is 181 Å². The Morgan fingerprint density at radius 2 is 1.94 bits per heavy atom. The summed E-state index contributed by atoms with van der Waals surface area (Å²) < 4.78 is 19.2. The number of Topliss-reactive ketones (excluding diaryl/α,β-unsaturated/α-hetero) is 1. The normalized spacial score (nSPS) is 20.7. The number of halogens is 1. The Morgan fingerprint density at radius 1 is 1.16 bits per heavy atom. The molecule has 1 saturated carbocycles. The van der Waals surface area contributed by atoms with Crippen molar-refractivity contribution in [3.8, 4) is 5.75 Å². The van der Waals surface area contributed by atoms with Crippen LogP contribution in [-0.2, 0) is 9.59 Å². The van der Waals surface area contributed by atoms with Crippen LogP contribution in [0.15, 0.2) is 64.8 Å². The average Bonchev–Trinajstić information content (AvgIpc) is 2.74. The van der Waals surface area contributed by atoms with Crippen molar-refractivity contribution < 1.29 is 18.7 Å². The Hall–Kier alpha value is -3.28. The standard InChI is InChI=1S/C25H25FN2O3/c1-3-31-19-12-10-16(11-13-19)23-22(25(30)28-18-7-4-6-17(26)14-18)15(2)27-20-8-5-9-21(29)24(20)23/h4,6-7,10-14,23-24H,3,5,8-9H2,1-2H3,(H,28,30)/t23-,24?/m0/s1. The second kappa shape index (κ2) is 8.84. The van der Waals surface area contributed by atoms with Crippen LogP contribution in [0.25, 0.3) is 0 Å². The number of aliphatic imine (C=N–C) groups is 1. The third kappa shape index (κ3) is 4.29. The molecule has 0 spiro atoms. The van der Waals surface area contributed by atoms with E-state index < -0.39 is 17.7 Å². The number of fused-ring (bicyclic) bond motifs is 1. The molecule has 1 unspecified atom stereocenters. The molecule has 0 saturated heterocycles. The number of nitrogens with zero attached hydrogens (tertiary/aromatic N) is 1. The number of allylic oxidation sites excluding steroid dienone is 1. The number of hydrogen-bond donors (Lipinski definition) is 1. The van der Waals surface area contributed by atoms with Gasteiger partial charge in [0.2, 0.25) is 0 Å². The van der Waals surface area contributed by atoms with Crippen LogP contribution in [0.2, 0.25) is 0 Å². The summed E-state index contributed by atoms with van der Waals surface area (Å²) in [5.41, 5.74) is 3.10. The highest BCUT2D eigenvalue weighted by Gasteiger charge is 2.43. The van der Waals surface area contributed by atoms with E-state index in [2.05, 4.69) is 10.3 Å². The molecular formula is C25H25FN2O3. The molecule has 1 aliphatic carbocycles. The number of rotatable bonds is 5. The molecule has 2 aliphatic rings. The van der Waals surface area contributed by atoms with Gasteiger partial charge in [-0.1, -0.05) is 18.2 Å². The number of amides is 1. The van der Waals surface area contributed by atoms with Gasteiger partial charge in [0, 0.05) is 35.0 Å². The summed E-state index contributed by atoms with van der Waals surface area (Å²) in [6, 6.07) is 13.3. The third-order valence-electron chi connectivity index (χ3n) is 5.78. The van der Waals surface area contributed by atoms with Crippen molar-refractivity contribution in [2.45, 2.75) is 39.0 Å². The largest absolute Gasteiger partial charge is 0.494 e. The molecule has 0 aromatic heterocycles. The van der Waals surface area contributed by atoms with E-state index in [9.17, 15) is 14.0 Å². The predicted octanol–water partition coefficient (Wildman–Crippen LogP) is 5.04. The number of ketones is 1. The second-order valence-corrected chi connectivity index (χ2v) is 7.84. The molecule has 0 bridgehead atoms. The van der Waals surface area contributed by atoms with Crippen molar-refractivity contribution in [1.82, 2.24) is 0 Å². The molecule has 1 amide bonds. The molecule has 2 atom stereocenters. The highest BCUT2D eigenvalue weighted by Crippen LogP contribution is 2.43. The van der Waals surface area contributed by atoms with E-state index in [1.165, 1.54) is 18.2 Å². The van der Waals surface area contributed by atoms with Crippen molar-refractivity contribution in [2.24, 2.45) is 10.9 Å². The molecule has 5 nitrogen and oxygen atoms in total. The van der Waals surface area contributed by atoms with Gasteiger partial charge in [0.1, 0.15) is 17.3 Å². The van der Waals surface area contributed by atoms with Crippen molar-refractivity contribution >= 4 is 23.1 Å². The summed E-state index contributed by atoms with van der Waals surface area (Å²) in [4.78, 5) is 30.9. The smallest absolute Gasteiger partial charge is 0.254 e. The van der Waals surface area contributed by atoms with Gasteiger partial charge in [0.15, 0.2) is 0 Å². The van der Waals surface area contributed by atoms with Crippen molar-refractivity contribution in [1.29, 1.82) is 0 Å². The maximum absolute atomic E-state index is 13.6. The molecule has 1 N–H and O–H groups in total. The summed E-state index contributed by atoms with van der Waals surface area (Å²) in [6.07, 6.45) is 2.01. The van der Waals surface area contributed by atoms with Crippen LogP contribution in [0.3, 0.4) is 0 Å². The molecular weight excluding hydrogens is 395 g/mol. The minimum absolute atomic E-state index is 0.104. The topological polar surface area (TPSA) is 67.8 Å². The van der Waals surface area contributed by atoms with Gasteiger partial charge >= 0.3 is 0 Å². The predicted molar refractivity (Wildman–Crippen MR) is 118 cm³/mol. The van der Waals surface area contributed by atoms with Crippen molar-refractivity contribution in [3.63, 3.8) is 0 Å². The van der Waals surface area contributed by atoms with Gasteiger partial charge in [0.05, 0.1) is 12.5 Å². The maximum atomic E-state index is 13.6. The van der Waals surface area contributed by atoms with Gasteiger partial charge in [0.25, 0.3) is 5.91 Å². The zero-order valence-corrected chi connectivity index (χ0v) is 17.7. The Kier molecular flexibility index (Phi) is 5.98. The lowest BCUT2D eigenvalue weighted by molar-refractivity contribution is -0.122. The fraction of sp³-hybridized carbons (Fsp3) is 0.320. The lowest BCUT2D eigenvalue weighted by Gasteiger charge is -2.36. The minimum atomic E-state index is -0.455. The molecule has 4 rings (SSSR count). The van der Waals surface area contributed by atoms with Gasteiger partial charge < -0.3 is 10.1 Å². The van der Waals surface area contributed by atoms with Crippen molar-refractivity contribution in [3.05, 3.63) is 71.2 Å². The average molecular weight is 420 g/mol. The molecule has 6 heteroatoms. The molecule has 1 aliphatic heterocycles. The molecule has 1 fully saturated rings. The molecule has 160 valence electrons. The lowest BCUT2D eigenvalue weighted by Crippen LogP contribution is -2.39. The van der Waals surface area contributed by atoms with E-state index in [1.54, 1.807) is 13.0 Å². The highest BCUT2D eigenvalue weighted by molar-refractivity contribution is 6.14. The Morgan fingerprint density at radius 3 is 2.65 bits per heavy atom. The molecule has 1 heterocycles. The van der Waals surface area contributed by atoms with E-state index in [1.807, 2.05) is 31.2 Å². The van der Waals surface area contributed by atoms with E-state index in [4.69, 9.17) is 4.74 Å². The van der Waals surface area contributed by atoms with Gasteiger partial charge in [-0.3, -0.25) is 14.6 Å². The second-order valence-electron chi connectivity index (χ2n) is 7.84. The zero-order valence-electron chi connectivity index (χ0n) is 17.7. The highest BCUT2D eigenvalue weighted by atomic mass is 19.1. The van der Waals surface area contributed by atoms with E-state index in [-0.39, 0.29) is 11.7 Å².